The minimum Gasteiger partial charge on any atom is -0.339 e. The van der Waals surface area contributed by atoms with Gasteiger partial charge in [0, 0.05) is 37.6 Å². The van der Waals surface area contributed by atoms with Crippen LogP contribution in [0.3, 0.4) is 0 Å². The Bertz CT molecular complexity index is 485. The molecule has 19 heavy (non-hydrogen) atoms. The SMILES string of the molecule is CC(=O)N1CCN(C(=O)Nc2ccccc2Br)CC1. The first kappa shape index (κ1) is 13.9. The lowest BCUT2D eigenvalue weighted by Crippen LogP contribution is -2.51. The van der Waals surface area contributed by atoms with E-state index in [1.807, 2.05) is 24.3 Å². The van der Waals surface area contributed by atoms with Gasteiger partial charge in [-0.1, -0.05) is 12.1 Å². The Kier molecular flexibility index (Phi) is 4.42. The van der Waals surface area contributed by atoms with Gasteiger partial charge in [0.15, 0.2) is 0 Å². The molecule has 1 aromatic rings. The number of halogens is 1. The molecule has 0 bridgehead atoms. The van der Waals surface area contributed by atoms with Gasteiger partial charge in [0.05, 0.1) is 5.69 Å². The van der Waals surface area contributed by atoms with Crippen molar-refractivity contribution in [1.29, 1.82) is 0 Å². The summed E-state index contributed by atoms with van der Waals surface area (Å²) in [6, 6.07) is 7.35. The predicted molar refractivity (Wildman–Crippen MR) is 77.0 cm³/mol. The fourth-order valence-corrected chi connectivity index (χ4v) is 2.37. The highest BCUT2D eigenvalue weighted by Gasteiger charge is 2.22. The van der Waals surface area contributed by atoms with Crippen LogP contribution >= 0.6 is 15.9 Å². The van der Waals surface area contributed by atoms with Crippen LogP contribution in [0.5, 0.6) is 0 Å². The monoisotopic (exact) mass is 325 g/mol. The highest BCUT2D eigenvalue weighted by molar-refractivity contribution is 9.10. The largest absolute Gasteiger partial charge is 0.339 e. The van der Waals surface area contributed by atoms with Gasteiger partial charge in [-0.2, -0.15) is 0 Å². The Labute approximate surface area is 120 Å². The summed E-state index contributed by atoms with van der Waals surface area (Å²) in [5, 5.41) is 2.86. The summed E-state index contributed by atoms with van der Waals surface area (Å²) in [5.74, 6) is 0.0610. The molecule has 0 aromatic heterocycles. The molecular weight excluding hydrogens is 310 g/mol. The Hall–Kier alpha value is -1.56. The van der Waals surface area contributed by atoms with Crippen LogP contribution < -0.4 is 5.32 Å². The van der Waals surface area contributed by atoms with Gasteiger partial charge in [-0.25, -0.2) is 4.79 Å². The lowest BCUT2D eigenvalue weighted by molar-refractivity contribution is -0.130. The van der Waals surface area contributed by atoms with Gasteiger partial charge in [-0.05, 0) is 28.1 Å². The van der Waals surface area contributed by atoms with E-state index in [9.17, 15) is 9.59 Å². The smallest absolute Gasteiger partial charge is 0.321 e. The molecule has 1 N–H and O–H groups in total. The van der Waals surface area contributed by atoms with E-state index in [0.29, 0.717) is 26.2 Å². The molecular formula is C13H16BrN3O2. The maximum Gasteiger partial charge on any atom is 0.321 e. The van der Waals surface area contributed by atoms with Crippen molar-refractivity contribution in [2.45, 2.75) is 6.92 Å². The zero-order chi connectivity index (χ0) is 13.8. The third-order valence-electron chi connectivity index (χ3n) is 3.13. The summed E-state index contributed by atoms with van der Waals surface area (Å²) in [4.78, 5) is 26.8. The summed E-state index contributed by atoms with van der Waals surface area (Å²) in [7, 11) is 0. The van der Waals surface area contributed by atoms with Gasteiger partial charge < -0.3 is 15.1 Å². The molecule has 1 saturated heterocycles. The summed E-state index contributed by atoms with van der Waals surface area (Å²) >= 11 is 3.39. The lowest BCUT2D eigenvalue weighted by Gasteiger charge is -2.34. The second-order valence-electron chi connectivity index (χ2n) is 4.40. The summed E-state index contributed by atoms with van der Waals surface area (Å²) < 4.78 is 0.853. The molecule has 0 atom stereocenters. The second kappa shape index (κ2) is 6.06. The van der Waals surface area contributed by atoms with Crippen molar-refractivity contribution in [3.05, 3.63) is 28.7 Å². The predicted octanol–water partition coefficient (Wildman–Crippen LogP) is 2.15. The van der Waals surface area contributed by atoms with Crippen molar-refractivity contribution in [2.75, 3.05) is 31.5 Å². The van der Waals surface area contributed by atoms with Crippen LogP contribution in [0.25, 0.3) is 0 Å². The number of piperazine rings is 1. The summed E-state index contributed by atoms with van der Waals surface area (Å²) in [6.07, 6.45) is 0. The molecule has 5 nitrogen and oxygen atoms in total. The Morgan fingerprint density at radius 1 is 1.11 bits per heavy atom. The van der Waals surface area contributed by atoms with E-state index in [-0.39, 0.29) is 11.9 Å². The molecule has 3 amide bonds. The van der Waals surface area contributed by atoms with Crippen molar-refractivity contribution < 1.29 is 9.59 Å². The second-order valence-corrected chi connectivity index (χ2v) is 5.26. The molecule has 2 rings (SSSR count). The molecule has 0 saturated carbocycles. The number of amides is 3. The normalized spacial score (nSPS) is 15.3. The standard InChI is InChI=1S/C13H16BrN3O2/c1-10(18)16-6-8-17(9-7-16)13(19)15-12-5-3-2-4-11(12)14/h2-5H,6-9H2,1H3,(H,15,19). The first-order valence-electron chi connectivity index (χ1n) is 6.14. The van der Waals surface area contributed by atoms with E-state index >= 15 is 0 Å². The molecule has 0 aliphatic carbocycles. The molecule has 0 spiro atoms. The highest BCUT2D eigenvalue weighted by atomic mass is 79.9. The number of hydrogen-bond acceptors (Lipinski definition) is 2. The number of benzene rings is 1. The number of hydrogen-bond donors (Lipinski definition) is 1. The Morgan fingerprint density at radius 2 is 1.68 bits per heavy atom. The summed E-state index contributed by atoms with van der Waals surface area (Å²) in [6.45, 7) is 3.87. The minimum absolute atomic E-state index is 0.0610. The van der Waals surface area contributed by atoms with Crippen molar-refractivity contribution in [1.82, 2.24) is 9.80 Å². The number of nitrogens with zero attached hydrogens (tertiary/aromatic N) is 2. The Balaban J connectivity index is 1.92. The van der Waals surface area contributed by atoms with Crippen molar-refractivity contribution in [2.24, 2.45) is 0 Å². The molecule has 0 radical (unpaired) electrons. The minimum atomic E-state index is -0.130. The molecule has 1 fully saturated rings. The summed E-state index contributed by atoms with van der Waals surface area (Å²) in [5.41, 5.74) is 0.751. The quantitative estimate of drug-likeness (QED) is 0.860. The third kappa shape index (κ3) is 3.47. The number of urea groups is 1. The fourth-order valence-electron chi connectivity index (χ4n) is 1.98. The molecule has 0 unspecified atom stereocenters. The molecule has 1 heterocycles. The van der Waals surface area contributed by atoms with E-state index in [0.717, 1.165) is 10.2 Å². The lowest BCUT2D eigenvalue weighted by atomic mass is 10.3. The Morgan fingerprint density at radius 3 is 2.26 bits per heavy atom. The topological polar surface area (TPSA) is 52.7 Å². The highest BCUT2D eigenvalue weighted by Crippen LogP contribution is 2.21. The van der Waals surface area contributed by atoms with E-state index in [1.165, 1.54) is 0 Å². The van der Waals surface area contributed by atoms with Gasteiger partial charge in [-0.15, -0.1) is 0 Å². The number of anilines is 1. The van der Waals surface area contributed by atoms with Crippen LogP contribution in [0.1, 0.15) is 6.92 Å². The van der Waals surface area contributed by atoms with Gasteiger partial charge in [0.2, 0.25) is 5.91 Å². The average molecular weight is 326 g/mol. The van der Waals surface area contributed by atoms with Crippen LogP contribution in [0.15, 0.2) is 28.7 Å². The van der Waals surface area contributed by atoms with Crippen LogP contribution in [-0.4, -0.2) is 47.9 Å². The van der Waals surface area contributed by atoms with Gasteiger partial charge in [0.25, 0.3) is 0 Å². The zero-order valence-corrected chi connectivity index (χ0v) is 12.3. The molecule has 6 heteroatoms. The number of para-hydroxylation sites is 1. The first-order valence-corrected chi connectivity index (χ1v) is 6.93. The number of nitrogens with one attached hydrogen (secondary N) is 1. The van der Waals surface area contributed by atoms with Crippen LogP contribution in [0.2, 0.25) is 0 Å². The first-order chi connectivity index (χ1) is 9.08. The van der Waals surface area contributed by atoms with E-state index < -0.39 is 0 Å². The zero-order valence-electron chi connectivity index (χ0n) is 10.7. The molecule has 1 aromatic carbocycles. The number of carbonyl (C=O) groups is 2. The van der Waals surface area contributed by atoms with Crippen molar-refractivity contribution in [3.63, 3.8) is 0 Å². The van der Waals surface area contributed by atoms with Gasteiger partial charge in [0.1, 0.15) is 0 Å². The van der Waals surface area contributed by atoms with Crippen molar-refractivity contribution in [3.8, 4) is 0 Å². The van der Waals surface area contributed by atoms with E-state index in [2.05, 4.69) is 21.2 Å². The fraction of sp³-hybridized carbons (Fsp3) is 0.385. The average Bonchev–Trinajstić information content (AvgIpc) is 2.41. The van der Waals surface area contributed by atoms with Gasteiger partial charge >= 0.3 is 6.03 Å². The van der Waals surface area contributed by atoms with E-state index in [1.54, 1.807) is 16.7 Å². The van der Waals surface area contributed by atoms with Crippen LogP contribution in [-0.2, 0) is 4.79 Å². The third-order valence-corrected chi connectivity index (χ3v) is 3.82. The number of rotatable bonds is 1. The molecule has 102 valence electrons. The van der Waals surface area contributed by atoms with Crippen LogP contribution in [0, 0.1) is 0 Å². The molecule has 1 aliphatic rings. The number of carbonyl (C=O) groups excluding carboxylic acids is 2. The van der Waals surface area contributed by atoms with Gasteiger partial charge in [-0.3, -0.25) is 4.79 Å². The maximum atomic E-state index is 12.1. The van der Waals surface area contributed by atoms with Crippen LogP contribution in [0.4, 0.5) is 10.5 Å². The molecule has 1 aliphatic heterocycles. The maximum absolute atomic E-state index is 12.1. The van der Waals surface area contributed by atoms with E-state index in [4.69, 9.17) is 0 Å². The van der Waals surface area contributed by atoms with Crippen molar-refractivity contribution >= 4 is 33.6 Å².